The second kappa shape index (κ2) is 6.08. The fourth-order valence-electron chi connectivity index (χ4n) is 2.68. The Morgan fingerprint density at radius 1 is 0.957 bits per heavy atom. The molecule has 0 spiro atoms. The summed E-state index contributed by atoms with van der Waals surface area (Å²) in [6.07, 6.45) is -0.383. The lowest BCUT2D eigenvalue weighted by Crippen LogP contribution is -2.10. The molecule has 4 heteroatoms. The third-order valence-corrected chi connectivity index (χ3v) is 3.83. The van der Waals surface area contributed by atoms with E-state index in [1.54, 1.807) is 0 Å². The van der Waals surface area contributed by atoms with Gasteiger partial charge in [0.15, 0.2) is 0 Å². The van der Waals surface area contributed by atoms with Crippen molar-refractivity contribution in [2.75, 3.05) is 0 Å². The number of aliphatic carboxylic acids is 1. The number of rotatable bonds is 4. The first-order chi connectivity index (χ1) is 11.1. The second-order valence-electron chi connectivity index (χ2n) is 5.46. The first-order valence-electron chi connectivity index (χ1n) is 7.40. The van der Waals surface area contributed by atoms with E-state index < -0.39 is 11.9 Å². The molecule has 0 unspecified atom stereocenters. The predicted molar refractivity (Wildman–Crippen MR) is 88.7 cm³/mol. The van der Waals surface area contributed by atoms with Crippen LogP contribution in [0.5, 0.6) is 5.75 Å². The number of carboxylic acids is 1. The van der Waals surface area contributed by atoms with Crippen LogP contribution in [-0.4, -0.2) is 17.0 Å². The summed E-state index contributed by atoms with van der Waals surface area (Å²) in [5, 5.41) is 12.4. The average Bonchev–Trinajstić information content (AvgIpc) is 2.54. The fraction of sp³-hybridized carbons (Fsp3) is 0.158. The van der Waals surface area contributed by atoms with Crippen LogP contribution in [0.1, 0.15) is 18.4 Å². The lowest BCUT2D eigenvalue weighted by Gasteiger charge is -2.13. The molecule has 0 radical (unpaired) electrons. The van der Waals surface area contributed by atoms with Gasteiger partial charge in [0.2, 0.25) is 0 Å². The molecular formula is C19H16O4. The molecular weight excluding hydrogens is 292 g/mol. The molecule has 1 N–H and O–H groups in total. The molecule has 0 heterocycles. The van der Waals surface area contributed by atoms with Crippen LogP contribution in [0.15, 0.2) is 48.5 Å². The number of benzene rings is 3. The highest BCUT2D eigenvalue weighted by Gasteiger charge is 2.14. The van der Waals surface area contributed by atoms with E-state index in [9.17, 15) is 9.59 Å². The Hall–Kier alpha value is -2.88. The minimum Gasteiger partial charge on any atom is -0.481 e. The van der Waals surface area contributed by atoms with Crippen molar-refractivity contribution >= 4 is 33.5 Å². The maximum atomic E-state index is 12.0. The number of carbonyl (C=O) groups excluding carboxylic acids is 1. The van der Waals surface area contributed by atoms with Gasteiger partial charge in [0.1, 0.15) is 5.75 Å². The van der Waals surface area contributed by atoms with Gasteiger partial charge in [0.25, 0.3) is 0 Å². The first-order valence-corrected chi connectivity index (χ1v) is 7.40. The highest BCUT2D eigenvalue weighted by molar-refractivity contribution is 6.07. The number of aryl methyl sites for hydroxylation is 1. The van der Waals surface area contributed by atoms with Crippen LogP contribution < -0.4 is 4.74 Å². The van der Waals surface area contributed by atoms with E-state index in [0.29, 0.717) is 5.75 Å². The van der Waals surface area contributed by atoms with Crippen molar-refractivity contribution < 1.29 is 19.4 Å². The topological polar surface area (TPSA) is 63.6 Å². The third-order valence-electron chi connectivity index (χ3n) is 3.83. The summed E-state index contributed by atoms with van der Waals surface area (Å²) in [5.74, 6) is -1.05. The molecule has 0 saturated heterocycles. The van der Waals surface area contributed by atoms with Gasteiger partial charge in [-0.05, 0) is 29.3 Å². The molecule has 0 aliphatic heterocycles. The van der Waals surface area contributed by atoms with Crippen LogP contribution in [0.4, 0.5) is 0 Å². The van der Waals surface area contributed by atoms with Crippen LogP contribution in [0.2, 0.25) is 0 Å². The second-order valence-corrected chi connectivity index (χ2v) is 5.46. The molecule has 0 aromatic heterocycles. The average molecular weight is 308 g/mol. The molecule has 23 heavy (non-hydrogen) atoms. The van der Waals surface area contributed by atoms with Crippen LogP contribution >= 0.6 is 0 Å². The van der Waals surface area contributed by atoms with E-state index >= 15 is 0 Å². The van der Waals surface area contributed by atoms with E-state index in [0.717, 1.165) is 27.1 Å². The largest absolute Gasteiger partial charge is 0.481 e. The number of ether oxygens (including phenoxy) is 1. The molecule has 0 saturated carbocycles. The molecule has 3 aromatic rings. The SMILES string of the molecule is Cc1cccc2c(OC(=O)CCC(=O)O)c3ccccc3cc12. The highest BCUT2D eigenvalue weighted by Crippen LogP contribution is 2.36. The number of fused-ring (bicyclic) bond motifs is 2. The molecule has 0 aliphatic carbocycles. The van der Waals surface area contributed by atoms with Gasteiger partial charge in [-0.15, -0.1) is 0 Å². The zero-order chi connectivity index (χ0) is 16.4. The Labute approximate surface area is 133 Å². The lowest BCUT2D eigenvalue weighted by atomic mass is 9.99. The van der Waals surface area contributed by atoms with Gasteiger partial charge in [-0.3, -0.25) is 9.59 Å². The van der Waals surface area contributed by atoms with Crippen molar-refractivity contribution in [2.45, 2.75) is 19.8 Å². The van der Waals surface area contributed by atoms with Crippen molar-refractivity contribution in [3.05, 3.63) is 54.1 Å². The van der Waals surface area contributed by atoms with Gasteiger partial charge in [0, 0.05) is 10.8 Å². The Kier molecular flexibility index (Phi) is 3.98. The maximum Gasteiger partial charge on any atom is 0.311 e. The minimum absolute atomic E-state index is 0.147. The summed E-state index contributed by atoms with van der Waals surface area (Å²) < 4.78 is 5.54. The lowest BCUT2D eigenvalue weighted by molar-refractivity contribution is -0.142. The molecule has 0 amide bonds. The van der Waals surface area contributed by atoms with Crippen molar-refractivity contribution in [1.29, 1.82) is 0 Å². The summed E-state index contributed by atoms with van der Waals surface area (Å²) in [6.45, 7) is 2.01. The van der Waals surface area contributed by atoms with Crippen molar-refractivity contribution in [3.63, 3.8) is 0 Å². The summed E-state index contributed by atoms with van der Waals surface area (Å²) >= 11 is 0. The summed E-state index contributed by atoms with van der Waals surface area (Å²) in [7, 11) is 0. The van der Waals surface area contributed by atoms with Gasteiger partial charge in [-0.25, -0.2) is 0 Å². The fourth-order valence-corrected chi connectivity index (χ4v) is 2.68. The molecule has 0 atom stereocenters. The van der Waals surface area contributed by atoms with E-state index in [-0.39, 0.29) is 12.8 Å². The molecule has 3 aromatic carbocycles. The molecule has 3 rings (SSSR count). The number of carbonyl (C=O) groups is 2. The van der Waals surface area contributed by atoms with Gasteiger partial charge in [0.05, 0.1) is 12.8 Å². The first kappa shape index (κ1) is 15.0. The van der Waals surface area contributed by atoms with Crippen molar-refractivity contribution in [2.24, 2.45) is 0 Å². The Bertz CT molecular complexity index is 912. The number of esters is 1. The van der Waals surface area contributed by atoms with E-state index in [4.69, 9.17) is 9.84 Å². The summed E-state index contributed by atoms with van der Waals surface area (Å²) in [6, 6.07) is 15.6. The number of hydrogen-bond donors (Lipinski definition) is 1. The zero-order valence-corrected chi connectivity index (χ0v) is 12.7. The molecule has 0 bridgehead atoms. The highest BCUT2D eigenvalue weighted by atomic mass is 16.5. The normalized spacial score (nSPS) is 10.8. The maximum absolute atomic E-state index is 12.0. The van der Waals surface area contributed by atoms with E-state index in [1.165, 1.54) is 0 Å². The quantitative estimate of drug-likeness (QED) is 0.448. The molecule has 4 nitrogen and oxygen atoms in total. The van der Waals surface area contributed by atoms with Crippen molar-refractivity contribution in [3.8, 4) is 5.75 Å². The van der Waals surface area contributed by atoms with Crippen LogP contribution in [0.3, 0.4) is 0 Å². The summed E-state index contributed by atoms with van der Waals surface area (Å²) in [5.41, 5.74) is 1.09. The van der Waals surface area contributed by atoms with Gasteiger partial charge in [-0.2, -0.15) is 0 Å². The van der Waals surface area contributed by atoms with Crippen molar-refractivity contribution in [1.82, 2.24) is 0 Å². The molecule has 0 aliphatic rings. The minimum atomic E-state index is -1.01. The van der Waals surface area contributed by atoms with Gasteiger partial charge >= 0.3 is 11.9 Å². The zero-order valence-electron chi connectivity index (χ0n) is 12.7. The Morgan fingerprint density at radius 2 is 1.70 bits per heavy atom. The number of carboxylic acid groups (broad SMARTS) is 1. The Morgan fingerprint density at radius 3 is 2.48 bits per heavy atom. The monoisotopic (exact) mass is 308 g/mol. The Balaban J connectivity index is 2.13. The van der Waals surface area contributed by atoms with Crippen LogP contribution in [-0.2, 0) is 9.59 Å². The number of hydrogen-bond acceptors (Lipinski definition) is 3. The molecule has 0 fully saturated rings. The van der Waals surface area contributed by atoms with E-state index in [2.05, 4.69) is 6.07 Å². The van der Waals surface area contributed by atoms with Crippen LogP contribution in [0.25, 0.3) is 21.5 Å². The summed E-state index contributed by atoms with van der Waals surface area (Å²) in [4.78, 5) is 22.6. The smallest absolute Gasteiger partial charge is 0.311 e. The van der Waals surface area contributed by atoms with Gasteiger partial charge < -0.3 is 9.84 Å². The standard InChI is InChI=1S/C19H16O4/c1-12-5-4-8-15-16(12)11-13-6-2-3-7-14(13)19(15)23-18(22)10-9-17(20)21/h2-8,11H,9-10H2,1H3,(H,20,21). The van der Waals surface area contributed by atoms with Crippen LogP contribution in [0, 0.1) is 6.92 Å². The van der Waals surface area contributed by atoms with E-state index in [1.807, 2.05) is 49.4 Å². The molecule has 116 valence electrons. The van der Waals surface area contributed by atoms with Gasteiger partial charge in [-0.1, -0.05) is 42.5 Å². The third kappa shape index (κ3) is 3.01. The predicted octanol–water partition coefficient (Wildman–Crippen LogP) is 4.07.